The first-order chi connectivity index (χ1) is 9.94. The fraction of sp³-hybridized carbons (Fsp3) is 0.100. The number of fused-ring (bicyclic) bond motifs is 1. The quantitative estimate of drug-likeness (QED) is 0.409. The normalized spacial score (nSPS) is 12.3. The molecule has 0 saturated carbocycles. The van der Waals surface area contributed by atoms with Crippen LogP contribution in [-0.4, -0.2) is 25.9 Å². The summed E-state index contributed by atoms with van der Waals surface area (Å²) in [4.78, 5) is 11.2. The predicted molar refractivity (Wildman–Crippen MR) is 67.9 cm³/mol. The van der Waals surface area contributed by atoms with Crippen LogP contribution in [0.3, 0.4) is 0 Å². The Morgan fingerprint density at radius 1 is 0.955 bits per heavy atom. The first-order valence-electron chi connectivity index (χ1n) is 5.34. The second-order valence-corrected chi connectivity index (χ2v) is 5.99. The molecule has 0 saturated heterocycles. The third kappa shape index (κ3) is 3.94. The van der Waals surface area contributed by atoms with Gasteiger partial charge in [0.05, 0.1) is 0 Å². The van der Waals surface area contributed by atoms with Crippen LogP contribution in [0.15, 0.2) is 27.4 Å². The van der Waals surface area contributed by atoms with E-state index in [1.54, 1.807) is 0 Å². The molecule has 12 heteroatoms. The van der Waals surface area contributed by atoms with Crippen molar-refractivity contribution in [3.63, 3.8) is 0 Å². The van der Waals surface area contributed by atoms with Crippen LogP contribution < -0.4 is 14.0 Å². The molecule has 2 aromatic rings. The summed E-state index contributed by atoms with van der Waals surface area (Å²) in [6.07, 6.45) is 0. The summed E-state index contributed by atoms with van der Waals surface area (Å²) in [6.45, 7) is 1.47. The molecule has 2 rings (SSSR count). The van der Waals surface area contributed by atoms with E-state index >= 15 is 0 Å². The van der Waals surface area contributed by atoms with Gasteiger partial charge in [-0.3, -0.25) is 0 Å². The molecule has 0 bridgehead atoms. The molecule has 0 aliphatic heterocycles. The van der Waals surface area contributed by atoms with Gasteiger partial charge in [-0.1, -0.05) is 0 Å². The average Bonchev–Trinajstić information content (AvgIpc) is 2.26. The van der Waals surface area contributed by atoms with E-state index in [-0.39, 0.29) is 11.0 Å². The van der Waals surface area contributed by atoms with Gasteiger partial charge in [-0.05, 0) is 18.6 Å². The minimum absolute atomic E-state index is 0.147. The topological polar surface area (TPSA) is 163 Å². The lowest BCUT2D eigenvalue weighted by atomic mass is 10.1. The van der Waals surface area contributed by atoms with E-state index < -0.39 is 37.9 Å². The van der Waals surface area contributed by atoms with E-state index in [2.05, 4.69) is 8.37 Å². The molecule has 1 aromatic heterocycles. The molecule has 0 spiro atoms. The molecule has 1 heterocycles. The maximum Gasteiger partial charge on any atom is 0.336 e. The van der Waals surface area contributed by atoms with Gasteiger partial charge in [-0.15, -0.1) is 0 Å². The van der Waals surface area contributed by atoms with Crippen LogP contribution in [0.25, 0.3) is 11.0 Å². The molecular formula is C10H6O10S2-2. The summed E-state index contributed by atoms with van der Waals surface area (Å²) in [6, 6.07) is 2.71. The molecule has 0 atom stereocenters. The highest BCUT2D eigenvalue weighted by Crippen LogP contribution is 2.34. The van der Waals surface area contributed by atoms with Gasteiger partial charge in [0, 0.05) is 17.5 Å². The molecule has 0 N–H and O–H groups in total. The summed E-state index contributed by atoms with van der Waals surface area (Å²) in [7, 11) is -10.6. The Balaban J connectivity index is 2.78. The summed E-state index contributed by atoms with van der Waals surface area (Å²) in [5.41, 5.74) is -0.638. The molecule has 1 aromatic carbocycles. The van der Waals surface area contributed by atoms with Gasteiger partial charge in [0.1, 0.15) is 5.58 Å². The fourth-order valence-electron chi connectivity index (χ4n) is 1.68. The van der Waals surface area contributed by atoms with Crippen molar-refractivity contribution < 1.29 is 38.7 Å². The van der Waals surface area contributed by atoms with Crippen molar-refractivity contribution in [3.8, 4) is 11.5 Å². The number of hydrogen-bond donors (Lipinski definition) is 0. The van der Waals surface area contributed by atoms with Crippen molar-refractivity contribution in [2.24, 2.45) is 0 Å². The van der Waals surface area contributed by atoms with E-state index in [9.17, 15) is 30.7 Å². The third-order valence-corrected chi connectivity index (χ3v) is 3.17. The first kappa shape index (κ1) is 16.2. The highest BCUT2D eigenvalue weighted by Gasteiger charge is 2.16. The van der Waals surface area contributed by atoms with Crippen LogP contribution in [0.4, 0.5) is 0 Å². The molecule has 10 nitrogen and oxygen atoms in total. The van der Waals surface area contributed by atoms with Crippen LogP contribution in [-0.2, 0) is 20.8 Å². The zero-order valence-corrected chi connectivity index (χ0v) is 12.3. The Kier molecular flexibility index (Phi) is 3.87. The number of aryl methyl sites for hydroxylation is 1. The lowest BCUT2D eigenvalue weighted by molar-refractivity contribution is 0.348. The van der Waals surface area contributed by atoms with Crippen LogP contribution in [0.5, 0.6) is 11.5 Å². The largest absolute Gasteiger partial charge is 0.716 e. The van der Waals surface area contributed by atoms with Crippen molar-refractivity contribution in [1.29, 1.82) is 0 Å². The molecule has 0 radical (unpaired) electrons. The van der Waals surface area contributed by atoms with E-state index in [1.165, 1.54) is 6.92 Å². The Labute approximate surface area is 123 Å². The molecule has 22 heavy (non-hydrogen) atoms. The minimum Gasteiger partial charge on any atom is -0.716 e. The smallest absolute Gasteiger partial charge is 0.336 e. The maximum absolute atomic E-state index is 11.2. The Hall–Kier alpha value is -2.15. The van der Waals surface area contributed by atoms with Crippen LogP contribution >= 0.6 is 0 Å². The monoisotopic (exact) mass is 350 g/mol. The highest BCUT2D eigenvalue weighted by molar-refractivity contribution is 7.81. The summed E-state index contributed by atoms with van der Waals surface area (Å²) in [5.74, 6) is -1.74. The Morgan fingerprint density at radius 2 is 1.45 bits per heavy atom. The van der Waals surface area contributed by atoms with Crippen LogP contribution in [0.2, 0.25) is 0 Å². The molecular weight excluding hydrogens is 344 g/mol. The number of rotatable bonds is 4. The van der Waals surface area contributed by atoms with Crippen LogP contribution in [0.1, 0.15) is 5.56 Å². The Morgan fingerprint density at radius 3 is 1.95 bits per heavy atom. The van der Waals surface area contributed by atoms with Gasteiger partial charge in [-0.2, -0.15) is 0 Å². The molecule has 0 fully saturated rings. The van der Waals surface area contributed by atoms with Crippen LogP contribution in [0, 0.1) is 6.92 Å². The predicted octanol–water partition coefficient (Wildman–Crippen LogP) is -0.221. The van der Waals surface area contributed by atoms with Gasteiger partial charge in [-0.25, -0.2) is 21.6 Å². The van der Waals surface area contributed by atoms with Crippen molar-refractivity contribution >= 4 is 31.8 Å². The molecule has 0 unspecified atom stereocenters. The standard InChI is InChI=1S/C10H8O10S2/c1-5-2-10(11)18-7-4-9(20-22(15,16)17)8(3-6(5)7)19-21(12,13)14/h2-4H,1H3,(H,12,13,14)(H,15,16,17)/p-2. The lowest BCUT2D eigenvalue weighted by Crippen LogP contribution is -2.12. The van der Waals surface area contributed by atoms with Gasteiger partial charge < -0.3 is 21.9 Å². The highest BCUT2D eigenvalue weighted by atomic mass is 32.3. The van der Waals surface area contributed by atoms with Crippen molar-refractivity contribution in [1.82, 2.24) is 0 Å². The second kappa shape index (κ2) is 5.24. The molecule has 0 amide bonds. The van der Waals surface area contributed by atoms with Crippen molar-refractivity contribution in [2.45, 2.75) is 6.92 Å². The first-order valence-corrected chi connectivity index (χ1v) is 8.00. The SMILES string of the molecule is Cc1cc(=O)oc2cc(OS(=O)(=O)[O-])c(OS(=O)(=O)[O-])cc12. The average molecular weight is 350 g/mol. The van der Waals surface area contributed by atoms with Gasteiger partial charge in [0.2, 0.25) is 0 Å². The maximum atomic E-state index is 11.2. The zero-order chi connectivity index (χ0) is 16.7. The van der Waals surface area contributed by atoms with E-state index in [1.807, 2.05) is 0 Å². The third-order valence-electron chi connectivity index (χ3n) is 2.40. The fourth-order valence-corrected chi connectivity index (χ4v) is 2.38. The van der Waals surface area contributed by atoms with Gasteiger partial charge in [0.25, 0.3) is 20.8 Å². The Bertz CT molecular complexity index is 1000. The van der Waals surface area contributed by atoms with Gasteiger partial charge >= 0.3 is 5.63 Å². The van der Waals surface area contributed by atoms with Crippen molar-refractivity contribution in [3.05, 3.63) is 34.2 Å². The number of hydrogen-bond acceptors (Lipinski definition) is 10. The molecule has 120 valence electrons. The number of benzene rings is 1. The van der Waals surface area contributed by atoms with Gasteiger partial charge in [0.15, 0.2) is 11.5 Å². The summed E-state index contributed by atoms with van der Waals surface area (Å²) < 4.78 is 76.7. The summed E-state index contributed by atoms with van der Waals surface area (Å²) >= 11 is 0. The van der Waals surface area contributed by atoms with E-state index in [0.29, 0.717) is 5.56 Å². The minimum atomic E-state index is -5.29. The lowest BCUT2D eigenvalue weighted by Gasteiger charge is -2.16. The molecule has 0 aliphatic rings. The summed E-state index contributed by atoms with van der Waals surface area (Å²) in [5, 5.41) is 0.147. The van der Waals surface area contributed by atoms with E-state index in [0.717, 1.165) is 18.2 Å². The van der Waals surface area contributed by atoms with E-state index in [4.69, 9.17) is 4.42 Å². The van der Waals surface area contributed by atoms with Crippen molar-refractivity contribution in [2.75, 3.05) is 0 Å². The zero-order valence-electron chi connectivity index (χ0n) is 10.6. The molecule has 0 aliphatic carbocycles. The second-order valence-electron chi connectivity index (χ2n) is 4.03.